The summed E-state index contributed by atoms with van der Waals surface area (Å²) in [6.45, 7) is 7.07. The molecule has 28 heavy (non-hydrogen) atoms. The Kier molecular flexibility index (Phi) is 5.92. The molecule has 1 aromatic heterocycles. The van der Waals surface area contributed by atoms with Crippen LogP contribution in [0.4, 0.5) is 11.6 Å². The van der Waals surface area contributed by atoms with E-state index >= 15 is 0 Å². The van der Waals surface area contributed by atoms with Crippen molar-refractivity contribution in [3.63, 3.8) is 0 Å². The van der Waals surface area contributed by atoms with E-state index in [1.54, 1.807) is 12.4 Å². The Hall–Kier alpha value is -2.38. The Balaban J connectivity index is 1.23. The van der Waals surface area contributed by atoms with Gasteiger partial charge in [-0.05, 0) is 24.3 Å². The largest absolute Gasteiger partial charge is 0.368 e. The van der Waals surface area contributed by atoms with Crippen LogP contribution in [-0.4, -0.2) is 84.6 Å². The molecule has 2 aliphatic heterocycles. The minimum atomic E-state index is 0.218. The van der Waals surface area contributed by atoms with Crippen molar-refractivity contribution >= 4 is 29.1 Å². The summed E-state index contributed by atoms with van der Waals surface area (Å²) in [5.74, 6) is 0.987. The molecule has 0 saturated carbocycles. The zero-order valence-electron chi connectivity index (χ0n) is 15.9. The Morgan fingerprint density at radius 2 is 1.57 bits per heavy atom. The lowest BCUT2D eigenvalue weighted by Gasteiger charge is -2.38. The van der Waals surface area contributed by atoms with Crippen molar-refractivity contribution < 1.29 is 4.79 Å². The van der Waals surface area contributed by atoms with Gasteiger partial charge in [-0.1, -0.05) is 17.7 Å². The summed E-state index contributed by atoms with van der Waals surface area (Å²) in [5.41, 5.74) is 1.12. The molecule has 0 aliphatic carbocycles. The third kappa shape index (κ3) is 4.54. The highest BCUT2D eigenvalue weighted by atomic mass is 35.5. The molecule has 0 radical (unpaired) electrons. The number of benzene rings is 1. The van der Waals surface area contributed by atoms with Gasteiger partial charge >= 0.3 is 0 Å². The molecule has 8 heteroatoms. The molecular weight excluding hydrogens is 376 g/mol. The zero-order chi connectivity index (χ0) is 19.3. The van der Waals surface area contributed by atoms with E-state index < -0.39 is 0 Å². The number of amides is 1. The normalized spacial score (nSPS) is 18.4. The number of aromatic nitrogens is 2. The van der Waals surface area contributed by atoms with Crippen LogP contribution in [-0.2, 0) is 4.79 Å². The molecule has 2 aromatic rings. The highest BCUT2D eigenvalue weighted by Crippen LogP contribution is 2.21. The third-order valence-electron chi connectivity index (χ3n) is 5.37. The number of carbonyl (C=O) groups excluding carboxylic acids is 1. The van der Waals surface area contributed by atoms with Crippen LogP contribution in [0.3, 0.4) is 0 Å². The molecule has 2 saturated heterocycles. The van der Waals surface area contributed by atoms with Crippen LogP contribution in [0.25, 0.3) is 0 Å². The predicted octanol–water partition coefficient (Wildman–Crippen LogP) is 1.60. The van der Waals surface area contributed by atoms with Crippen LogP contribution in [0.1, 0.15) is 0 Å². The number of nitrogens with zero attached hydrogens (tertiary/aromatic N) is 6. The van der Waals surface area contributed by atoms with Gasteiger partial charge in [0.05, 0.1) is 6.54 Å². The van der Waals surface area contributed by atoms with Crippen molar-refractivity contribution in [3.05, 3.63) is 47.7 Å². The molecule has 1 aromatic carbocycles. The van der Waals surface area contributed by atoms with Gasteiger partial charge in [-0.25, -0.2) is 9.97 Å². The van der Waals surface area contributed by atoms with Crippen molar-refractivity contribution in [2.75, 3.05) is 68.7 Å². The number of hydrogen-bond acceptors (Lipinski definition) is 6. The summed E-state index contributed by atoms with van der Waals surface area (Å²) >= 11 is 6.09. The van der Waals surface area contributed by atoms with Crippen molar-refractivity contribution in [3.8, 4) is 0 Å². The second kappa shape index (κ2) is 8.75. The van der Waals surface area contributed by atoms with Crippen molar-refractivity contribution in [1.82, 2.24) is 19.8 Å². The fourth-order valence-corrected chi connectivity index (χ4v) is 3.92. The first-order valence-electron chi connectivity index (χ1n) is 9.72. The van der Waals surface area contributed by atoms with E-state index in [0.717, 1.165) is 69.0 Å². The molecule has 1 amide bonds. The number of carbonyl (C=O) groups is 1. The molecule has 7 nitrogen and oxygen atoms in total. The second-order valence-electron chi connectivity index (χ2n) is 7.16. The van der Waals surface area contributed by atoms with E-state index in [4.69, 9.17) is 11.6 Å². The lowest BCUT2D eigenvalue weighted by Crippen LogP contribution is -2.54. The number of halogens is 1. The Labute approximate surface area is 170 Å². The van der Waals surface area contributed by atoms with Gasteiger partial charge in [-0.15, -0.1) is 0 Å². The van der Waals surface area contributed by atoms with Crippen LogP contribution >= 0.6 is 11.6 Å². The molecule has 0 spiro atoms. The summed E-state index contributed by atoms with van der Waals surface area (Å²) in [6.07, 6.45) is 3.53. The van der Waals surface area contributed by atoms with E-state index in [9.17, 15) is 4.79 Å². The fraction of sp³-hybridized carbons (Fsp3) is 0.450. The van der Waals surface area contributed by atoms with E-state index in [-0.39, 0.29) is 5.91 Å². The van der Waals surface area contributed by atoms with E-state index in [1.807, 2.05) is 29.2 Å². The predicted molar refractivity (Wildman–Crippen MR) is 111 cm³/mol. The van der Waals surface area contributed by atoms with Crippen LogP contribution in [0.5, 0.6) is 0 Å². The maximum Gasteiger partial charge on any atom is 0.236 e. The highest BCUT2D eigenvalue weighted by molar-refractivity contribution is 6.30. The van der Waals surface area contributed by atoms with Crippen LogP contribution in [0, 0.1) is 0 Å². The SMILES string of the molecule is O=C(CN1CCN(c2ncccn2)CC1)N1CCN(c2cccc(Cl)c2)CC1. The molecular formula is C20H25ClN6O. The van der Waals surface area contributed by atoms with Crippen molar-refractivity contribution in [2.24, 2.45) is 0 Å². The minimum absolute atomic E-state index is 0.218. The maximum absolute atomic E-state index is 12.7. The molecule has 0 bridgehead atoms. The lowest BCUT2D eigenvalue weighted by molar-refractivity contribution is -0.132. The summed E-state index contributed by atoms with van der Waals surface area (Å²) in [4.78, 5) is 30.0. The van der Waals surface area contributed by atoms with Crippen molar-refractivity contribution in [2.45, 2.75) is 0 Å². The number of anilines is 2. The molecule has 0 atom stereocenters. The van der Waals surface area contributed by atoms with Gasteiger partial charge in [0.25, 0.3) is 0 Å². The Bertz CT molecular complexity index is 788. The Morgan fingerprint density at radius 3 is 2.25 bits per heavy atom. The average molecular weight is 401 g/mol. The van der Waals surface area contributed by atoms with Gasteiger partial charge in [0, 0.05) is 75.5 Å². The number of rotatable bonds is 4. The molecule has 148 valence electrons. The summed E-state index contributed by atoms with van der Waals surface area (Å²) in [6, 6.07) is 9.72. The monoisotopic (exact) mass is 400 g/mol. The summed E-state index contributed by atoms with van der Waals surface area (Å²) < 4.78 is 0. The second-order valence-corrected chi connectivity index (χ2v) is 7.60. The van der Waals surface area contributed by atoms with Crippen molar-refractivity contribution in [1.29, 1.82) is 0 Å². The van der Waals surface area contributed by atoms with E-state index in [1.165, 1.54) is 0 Å². The fourth-order valence-electron chi connectivity index (χ4n) is 3.74. The first-order chi connectivity index (χ1) is 13.7. The standard InChI is InChI=1S/C20H25ClN6O/c21-17-3-1-4-18(15-17)25-11-13-26(14-12-25)19(28)16-24-7-9-27(10-8-24)20-22-5-2-6-23-20/h1-6,15H,7-14,16H2. The number of hydrogen-bond donors (Lipinski definition) is 0. The molecule has 2 fully saturated rings. The summed E-state index contributed by atoms with van der Waals surface area (Å²) in [7, 11) is 0. The van der Waals surface area contributed by atoms with Gasteiger partial charge in [0.1, 0.15) is 0 Å². The van der Waals surface area contributed by atoms with Crippen LogP contribution in [0.15, 0.2) is 42.7 Å². The topological polar surface area (TPSA) is 55.8 Å². The third-order valence-corrected chi connectivity index (χ3v) is 5.61. The maximum atomic E-state index is 12.7. The molecule has 3 heterocycles. The van der Waals surface area contributed by atoms with Gasteiger partial charge < -0.3 is 14.7 Å². The van der Waals surface area contributed by atoms with E-state index in [0.29, 0.717) is 6.54 Å². The highest BCUT2D eigenvalue weighted by Gasteiger charge is 2.25. The van der Waals surface area contributed by atoms with Gasteiger partial charge in [0.15, 0.2) is 0 Å². The molecule has 0 unspecified atom stereocenters. The smallest absolute Gasteiger partial charge is 0.236 e. The molecule has 2 aliphatic rings. The van der Waals surface area contributed by atoms with E-state index in [2.05, 4.69) is 30.7 Å². The quantitative estimate of drug-likeness (QED) is 0.777. The zero-order valence-corrected chi connectivity index (χ0v) is 16.6. The Morgan fingerprint density at radius 1 is 0.893 bits per heavy atom. The van der Waals surface area contributed by atoms with Gasteiger partial charge in [-0.2, -0.15) is 0 Å². The number of piperazine rings is 2. The first kappa shape index (κ1) is 19.0. The van der Waals surface area contributed by atoms with Gasteiger partial charge in [-0.3, -0.25) is 9.69 Å². The lowest BCUT2D eigenvalue weighted by atomic mass is 10.2. The first-order valence-corrected chi connectivity index (χ1v) is 10.1. The molecule has 4 rings (SSSR count). The average Bonchev–Trinajstić information content (AvgIpc) is 2.75. The van der Waals surface area contributed by atoms with Gasteiger partial charge in [0.2, 0.25) is 11.9 Å². The molecule has 0 N–H and O–H groups in total. The summed E-state index contributed by atoms with van der Waals surface area (Å²) in [5, 5.41) is 0.746. The van der Waals surface area contributed by atoms with Crippen LogP contribution in [0.2, 0.25) is 5.02 Å². The van der Waals surface area contributed by atoms with Crippen LogP contribution < -0.4 is 9.80 Å². The minimum Gasteiger partial charge on any atom is -0.368 e.